The molecule has 0 bridgehead atoms. The summed E-state index contributed by atoms with van der Waals surface area (Å²) in [6, 6.07) is 18.0. The molecule has 1 aliphatic rings. The number of amides is 1. The fourth-order valence-electron chi connectivity index (χ4n) is 3.52. The minimum Gasteiger partial charge on any atom is -0.494 e. The third-order valence-electron chi connectivity index (χ3n) is 4.90. The van der Waals surface area contributed by atoms with Gasteiger partial charge in [0, 0.05) is 12.1 Å². The first-order chi connectivity index (χ1) is 12.8. The summed E-state index contributed by atoms with van der Waals surface area (Å²) in [4.78, 5) is 15.1. The Morgan fingerprint density at radius 1 is 1.04 bits per heavy atom. The summed E-state index contributed by atoms with van der Waals surface area (Å²) in [6.45, 7) is 5.39. The van der Waals surface area contributed by atoms with Crippen LogP contribution in [0.2, 0.25) is 0 Å². The molecular formula is C22H28N2O2. The molecule has 2 aromatic rings. The van der Waals surface area contributed by atoms with Crippen LogP contribution in [-0.4, -0.2) is 37.0 Å². The number of hydrogen-bond acceptors (Lipinski definition) is 3. The summed E-state index contributed by atoms with van der Waals surface area (Å²) in [7, 11) is 0. The van der Waals surface area contributed by atoms with E-state index in [1.807, 2.05) is 37.3 Å². The van der Waals surface area contributed by atoms with Crippen molar-refractivity contribution in [3.63, 3.8) is 0 Å². The number of benzene rings is 2. The normalized spacial score (nSPS) is 16.0. The van der Waals surface area contributed by atoms with Gasteiger partial charge in [0.15, 0.2) is 0 Å². The number of piperidine rings is 1. The van der Waals surface area contributed by atoms with Crippen molar-refractivity contribution < 1.29 is 9.53 Å². The zero-order valence-electron chi connectivity index (χ0n) is 15.5. The number of carbonyl (C=O) groups is 1. The SMILES string of the molecule is CCOc1ccc(C(=O)NC[C@@H](c2ccccc2)N2CCCCC2)cc1. The Kier molecular flexibility index (Phi) is 6.67. The number of ether oxygens (including phenoxy) is 1. The molecule has 1 heterocycles. The van der Waals surface area contributed by atoms with E-state index in [-0.39, 0.29) is 11.9 Å². The van der Waals surface area contributed by atoms with Crippen molar-refractivity contribution in [1.29, 1.82) is 0 Å². The second-order valence-electron chi connectivity index (χ2n) is 6.69. The largest absolute Gasteiger partial charge is 0.494 e. The highest BCUT2D eigenvalue weighted by molar-refractivity contribution is 5.94. The molecule has 3 rings (SSSR count). The average molecular weight is 352 g/mol. The molecule has 0 unspecified atom stereocenters. The molecule has 2 aromatic carbocycles. The van der Waals surface area contributed by atoms with Crippen molar-refractivity contribution in [2.45, 2.75) is 32.2 Å². The molecule has 1 atom stereocenters. The molecule has 1 amide bonds. The Labute approximate surface area is 156 Å². The van der Waals surface area contributed by atoms with Gasteiger partial charge in [0.25, 0.3) is 5.91 Å². The lowest BCUT2D eigenvalue weighted by molar-refractivity contribution is 0.0924. The van der Waals surface area contributed by atoms with E-state index in [0.717, 1.165) is 18.8 Å². The van der Waals surface area contributed by atoms with Crippen molar-refractivity contribution in [1.82, 2.24) is 10.2 Å². The Morgan fingerprint density at radius 2 is 1.73 bits per heavy atom. The maximum atomic E-state index is 12.6. The number of nitrogens with one attached hydrogen (secondary N) is 1. The first-order valence-corrected chi connectivity index (χ1v) is 9.58. The zero-order valence-corrected chi connectivity index (χ0v) is 15.5. The second-order valence-corrected chi connectivity index (χ2v) is 6.69. The highest BCUT2D eigenvalue weighted by atomic mass is 16.5. The molecule has 1 N–H and O–H groups in total. The summed E-state index contributed by atoms with van der Waals surface area (Å²) in [5.41, 5.74) is 1.93. The lowest BCUT2D eigenvalue weighted by Gasteiger charge is -2.35. The topological polar surface area (TPSA) is 41.6 Å². The van der Waals surface area contributed by atoms with Crippen molar-refractivity contribution in [3.05, 3.63) is 65.7 Å². The molecule has 138 valence electrons. The van der Waals surface area contributed by atoms with E-state index in [1.54, 1.807) is 0 Å². The lowest BCUT2D eigenvalue weighted by atomic mass is 10.0. The molecule has 4 nitrogen and oxygen atoms in total. The van der Waals surface area contributed by atoms with E-state index in [1.165, 1.54) is 24.8 Å². The Bertz CT molecular complexity index is 679. The molecule has 0 radical (unpaired) electrons. The molecule has 0 spiro atoms. The van der Waals surface area contributed by atoms with Gasteiger partial charge in [-0.15, -0.1) is 0 Å². The monoisotopic (exact) mass is 352 g/mol. The molecule has 26 heavy (non-hydrogen) atoms. The number of likely N-dealkylation sites (tertiary alicyclic amines) is 1. The van der Waals surface area contributed by atoms with Crippen molar-refractivity contribution >= 4 is 5.91 Å². The van der Waals surface area contributed by atoms with Crippen LogP contribution in [0, 0.1) is 0 Å². The van der Waals surface area contributed by atoms with Gasteiger partial charge in [0.1, 0.15) is 5.75 Å². The first kappa shape index (κ1) is 18.5. The zero-order chi connectivity index (χ0) is 18.2. The van der Waals surface area contributed by atoms with Crippen LogP contribution >= 0.6 is 0 Å². The van der Waals surface area contributed by atoms with Crippen LogP contribution in [0.1, 0.15) is 48.1 Å². The van der Waals surface area contributed by atoms with Gasteiger partial charge >= 0.3 is 0 Å². The smallest absolute Gasteiger partial charge is 0.251 e. The number of nitrogens with zero attached hydrogens (tertiary/aromatic N) is 1. The summed E-state index contributed by atoms with van der Waals surface area (Å²) < 4.78 is 5.44. The highest BCUT2D eigenvalue weighted by Gasteiger charge is 2.22. The maximum Gasteiger partial charge on any atom is 0.251 e. The van der Waals surface area contributed by atoms with E-state index in [2.05, 4.69) is 34.5 Å². The third-order valence-corrected chi connectivity index (χ3v) is 4.90. The van der Waals surface area contributed by atoms with Crippen LogP contribution in [0.25, 0.3) is 0 Å². The summed E-state index contributed by atoms with van der Waals surface area (Å²) in [5, 5.41) is 3.12. The minimum atomic E-state index is -0.0361. The van der Waals surface area contributed by atoms with Crippen LogP contribution < -0.4 is 10.1 Å². The Hall–Kier alpha value is -2.33. The standard InChI is InChI=1S/C22H28N2O2/c1-2-26-20-13-11-19(12-14-20)22(25)23-17-21(18-9-5-3-6-10-18)24-15-7-4-8-16-24/h3,5-6,9-14,21H,2,4,7-8,15-17H2,1H3,(H,23,25)/t21-/m0/s1. The number of carbonyl (C=O) groups excluding carboxylic acids is 1. The van der Waals surface area contributed by atoms with Gasteiger partial charge in [0.05, 0.1) is 12.6 Å². The third kappa shape index (κ3) is 4.85. The molecule has 1 fully saturated rings. The van der Waals surface area contributed by atoms with Gasteiger partial charge in [-0.1, -0.05) is 36.8 Å². The van der Waals surface area contributed by atoms with E-state index < -0.39 is 0 Å². The van der Waals surface area contributed by atoms with Gasteiger partial charge in [-0.3, -0.25) is 9.69 Å². The quantitative estimate of drug-likeness (QED) is 0.818. The van der Waals surface area contributed by atoms with Crippen LogP contribution in [0.3, 0.4) is 0 Å². The van der Waals surface area contributed by atoms with Crippen molar-refractivity contribution in [2.24, 2.45) is 0 Å². The predicted octanol–water partition coefficient (Wildman–Crippen LogP) is 4.04. The van der Waals surface area contributed by atoms with Crippen LogP contribution in [0.15, 0.2) is 54.6 Å². The Morgan fingerprint density at radius 3 is 2.38 bits per heavy atom. The molecule has 0 aliphatic carbocycles. The van der Waals surface area contributed by atoms with Crippen molar-refractivity contribution in [2.75, 3.05) is 26.2 Å². The maximum absolute atomic E-state index is 12.6. The van der Waals surface area contributed by atoms with Crippen LogP contribution in [0.5, 0.6) is 5.75 Å². The molecule has 4 heteroatoms. The molecule has 1 saturated heterocycles. The van der Waals surface area contributed by atoms with E-state index >= 15 is 0 Å². The molecule has 1 aliphatic heterocycles. The van der Waals surface area contributed by atoms with E-state index in [0.29, 0.717) is 18.7 Å². The summed E-state index contributed by atoms with van der Waals surface area (Å²) in [6.07, 6.45) is 3.77. The molecule has 0 saturated carbocycles. The van der Waals surface area contributed by atoms with Gasteiger partial charge in [0.2, 0.25) is 0 Å². The van der Waals surface area contributed by atoms with Crippen molar-refractivity contribution in [3.8, 4) is 5.75 Å². The molecule has 0 aromatic heterocycles. The average Bonchev–Trinajstić information content (AvgIpc) is 2.70. The number of hydrogen-bond donors (Lipinski definition) is 1. The van der Waals surface area contributed by atoms with Gasteiger partial charge < -0.3 is 10.1 Å². The predicted molar refractivity (Wildman–Crippen MR) is 105 cm³/mol. The molecular weight excluding hydrogens is 324 g/mol. The first-order valence-electron chi connectivity index (χ1n) is 9.58. The van der Waals surface area contributed by atoms with Crippen LogP contribution in [0.4, 0.5) is 0 Å². The highest BCUT2D eigenvalue weighted by Crippen LogP contribution is 2.24. The summed E-state index contributed by atoms with van der Waals surface area (Å²) >= 11 is 0. The summed E-state index contributed by atoms with van der Waals surface area (Å²) in [5.74, 6) is 0.755. The minimum absolute atomic E-state index is 0.0361. The van der Waals surface area contributed by atoms with E-state index in [4.69, 9.17) is 4.74 Å². The fraction of sp³-hybridized carbons (Fsp3) is 0.409. The van der Waals surface area contributed by atoms with Gasteiger partial charge in [-0.25, -0.2) is 0 Å². The van der Waals surface area contributed by atoms with Gasteiger partial charge in [-0.2, -0.15) is 0 Å². The lowest BCUT2D eigenvalue weighted by Crippen LogP contribution is -2.40. The Balaban J connectivity index is 1.65. The van der Waals surface area contributed by atoms with Crippen LogP contribution in [-0.2, 0) is 0 Å². The van der Waals surface area contributed by atoms with E-state index in [9.17, 15) is 4.79 Å². The fourth-order valence-corrected chi connectivity index (χ4v) is 3.52. The number of rotatable bonds is 7. The second kappa shape index (κ2) is 9.39. The van der Waals surface area contributed by atoms with Gasteiger partial charge in [-0.05, 0) is 62.7 Å².